The van der Waals surface area contributed by atoms with Crippen molar-refractivity contribution in [3.8, 4) is 11.5 Å². The topological polar surface area (TPSA) is 65.7 Å². The molecule has 6 nitrogen and oxygen atoms in total. The first-order valence-corrected chi connectivity index (χ1v) is 9.20. The molecule has 0 saturated heterocycles. The zero-order chi connectivity index (χ0) is 17.0. The van der Waals surface area contributed by atoms with Crippen molar-refractivity contribution in [2.24, 2.45) is 12.0 Å². The Labute approximate surface area is 149 Å². The summed E-state index contributed by atoms with van der Waals surface area (Å²) in [5.41, 5.74) is 4.18. The summed E-state index contributed by atoms with van der Waals surface area (Å²) in [4.78, 5) is 21.7. The smallest absolute Gasteiger partial charge is 0.279 e. The van der Waals surface area contributed by atoms with E-state index >= 15 is 0 Å². The number of hydrogen-bond acceptors (Lipinski definition) is 6. The summed E-state index contributed by atoms with van der Waals surface area (Å²) in [5, 5.41) is 0. The first kappa shape index (κ1) is 14.6. The van der Waals surface area contributed by atoms with Crippen molar-refractivity contribution < 1.29 is 14.3 Å². The highest BCUT2D eigenvalue weighted by molar-refractivity contribution is 7.17. The third-order valence-corrected chi connectivity index (χ3v) is 5.97. The van der Waals surface area contributed by atoms with Crippen LogP contribution < -0.4 is 14.3 Å². The highest BCUT2D eigenvalue weighted by Crippen LogP contribution is 2.36. The molecule has 5 rings (SSSR count). The Bertz CT molecular complexity index is 1220. The lowest BCUT2D eigenvalue weighted by Gasteiger charge is -1.98. The van der Waals surface area contributed by atoms with E-state index in [1.165, 1.54) is 22.7 Å². The molecule has 25 heavy (non-hydrogen) atoms. The minimum absolute atomic E-state index is 0.242. The van der Waals surface area contributed by atoms with E-state index in [0.717, 1.165) is 31.9 Å². The molecule has 1 amide bonds. The third-order valence-electron chi connectivity index (χ3n) is 4.08. The Balaban J connectivity index is 1.61. The molecule has 0 saturated carbocycles. The first-order valence-electron chi connectivity index (χ1n) is 7.50. The molecule has 0 bridgehead atoms. The number of ether oxygens (including phenoxy) is 2. The van der Waals surface area contributed by atoms with Crippen LogP contribution in [-0.2, 0) is 7.05 Å². The molecule has 0 atom stereocenters. The number of nitrogens with zero attached hydrogens (tertiary/aromatic N) is 3. The second-order valence-electron chi connectivity index (χ2n) is 5.57. The van der Waals surface area contributed by atoms with Crippen LogP contribution in [0.2, 0.25) is 0 Å². The Hall–Kier alpha value is -2.71. The molecular formula is C17H11N3O3S2. The van der Waals surface area contributed by atoms with Gasteiger partial charge in [-0.05, 0) is 18.2 Å². The maximum absolute atomic E-state index is 12.6. The SMILES string of the molecule is Cn1c(=NC(=O)c2ccc3ncsc3c2)sc2cc3c(cc21)OCO3. The summed E-state index contributed by atoms with van der Waals surface area (Å²) in [6.07, 6.45) is 0. The van der Waals surface area contributed by atoms with Crippen LogP contribution in [-0.4, -0.2) is 22.3 Å². The van der Waals surface area contributed by atoms with Gasteiger partial charge in [-0.3, -0.25) is 4.79 Å². The van der Waals surface area contributed by atoms with Crippen LogP contribution in [0.25, 0.3) is 20.4 Å². The number of benzene rings is 2. The van der Waals surface area contributed by atoms with E-state index in [-0.39, 0.29) is 12.7 Å². The quantitative estimate of drug-likeness (QED) is 0.516. The molecule has 8 heteroatoms. The fourth-order valence-electron chi connectivity index (χ4n) is 2.76. The van der Waals surface area contributed by atoms with E-state index in [0.29, 0.717) is 10.4 Å². The minimum Gasteiger partial charge on any atom is -0.454 e. The van der Waals surface area contributed by atoms with Gasteiger partial charge in [0.05, 0.1) is 25.9 Å². The zero-order valence-electron chi connectivity index (χ0n) is 13.1. The van der Waals surface area contributed by atoms with Gasteiger partial charge in [0.25, 0.3) is 5.91 Å². The average Bonchev–Trinajstić information content (AvgIpc) is 3.32. The summed E-state index contributed by atoms with van der Waals surface area (Å²) in [7, 11) is 1.89. The van der Waals surface area contributed by atoms with E-state index in [9.17, 15) is 4.79 Å². The Morgan fingerprint density at radius 2 is 2.04 bits per heavy atom. The van der Waals surface area contributed by atoms with Gasteiger partial charge in [0.1, 0.15) is 0 Å². The molecule has 4 aromatic rings. The number of aryl methyl sites for hydroxylation is 1. The molecule has 0 spiro atoms. The third kappa shape index (κ3) is 2.33. The highest BCUT2D eigenvalue weighted by atomic mass is 32.1. The number of fused-ring (bicyclic) bond motifs is 3. The lowest BCUT2D eigenvalue weighted by Crippen LogP contribution is -2.13. The van der Waals surface area contributed by atoms with Crippen LogP contribution in [0, 0.1) is 0 Å². The number of carbonyl (C=O) groups is 1. The monoisotopic (exact) mass is 369 g/mol. The van der Waals surface area contributed by atoms with Gasteiger partial charge in [0.2, 0.25) is 6.79 Å². The summed E-state index contributed by atoms with van der Waals surface area (Å²) < 4.78 is 14.7. The van der Waals surface area contributed by atoms with Gasteiger partial charge in [-0.1, -0.05) is 11.3 Å². The number of rotatable bonds is 1. The molecule has 1 aliphatic heterocycles. The molecule has 124 valence electrons. The summed E-state index contributed by atoms with van der Waals surface area (Å²) in [5.74, 6) is 1.18. The maximum atomic E-state index is 12.6. The molecule has 0 unspecified atom stereocenters. The molecule has 2 aromatic heterocycles. The number of carbonyl (C=O) groups excluding carboxylic acids is 1. The van der Waals surface area contributed by atoms with Crippen molar-refractivity contribution in [1.82, 2.24) is 9.55 Å². The molecule has 2 aromatic carbocycles. The Kier molecular flexibility index (Phi) is 3.16. The minimum atomic E-state index is -0.266. The number of aromatic nitrogens is 2. The van der Waals surface area contributed by atoms with Gasteiger partial charge in [-0.15, -0.1) is 11.3 Å². The van der Waals surface area contributed by atoms with E-state index in [4.69, 9.17) is 9.47 Å². The largest absolute Gasteiger partial charge is 0.454 e. The number of thiazole rings is 2. The summed E-state index contributed by atoms with van der Waals surface area (Å²) in [6.45, 7) is 0.242. The van der Waals surface area contributed by atoms with Gasteiger partial charge in [-0.2, -0.15) is 4.99 Å². The molecule has 3 heterocycles. The number of amides is 1. The van der Waals surface area contributed by atoms with Gasteiger partial charge < -0.3 is 14.0 Å². The fraction of sp³-hybridized carbons (Fsp3) is 0.118. The van der Waals surface area contributed by atoms with Gasteiger partial charge in [0, 0.05) is 24.7 Å². The standard InChI is InChI=1S/C17H11N3O3S2/c1-20-11-5-12-13(23-8-22-12)6-15(11)25-17(20)19-16(21)9-2-3-10-14(4-9)24-7-18-10/h2-7H,8H2,1H3. The molecule has 0 radical (unpaired) electrons. The van der Waals surface area contributed by atoms with E-state index in [1.54, 1.807) is 11.6 Å². The van der Waals surface area contributed by atoms with E-state index < -0.39 is 0 Å². The van der Waals surface area contributed by atoms with Crippen LogP contribution in [0.5, 0.6) is 11.5 Å². The maximum Gasteiger partial charge on any atom is 0.279 e. The molecule has 0 N–H and O–H groups in total. The van der Waals surface area contributed by atoms with Crippen LogP contribution >= 0.6 is 22.7 Å². The van der Waals surface area contributed by atoms with Crippen molar-refractivity contribution in [1.29, 1.82) is 0 Å². The summed E-state index contributed by atoms with van der Waals surface area (Å²) in [6, 6.07) is 9.29. The van der Waals surface area contributed by atoms with E-state index in [1.807, 2.05) is 35.9 Å². The van der Waals surface area contributed by atoms with Crippen LogP contribution in [0.3, 0.4) is 0 Å². The van der Waals surface area contributed by atoms with Crippen molar-refractivity contribution in [2.45, 2.75) is 0 Å². The van der Waals surface area contributed by atoms with Crippen molar-refractivity contribution in [2.75, 3.05) is 6.79 Å². The van der Waals surface area contributed by atoms with Gasteiger partial charge in [-0.25, -0.2) is 4.98 Å². The highest BCUT2D eigenvalue weighted by Gasteiger charge is 2.17. The van der Waals surface area contributed by atoms with E-state index in [2.05, 4.69) is 9.98 Å². The van der Waals surface area contributed by atoms with Crippen LogP contribution in [0.1, 0.15) is 10.4 Å². The van der Waals surface area contributed by atoms with Crippen LogP contribution in [0.4, 0.5) is 0 Å². The van der Waals surface area contributed by atoms with Gasteiger partial charge in [0.15, 0.2) is 16.3 Å². The van der Waals surface area contributed by atoms with Crippen molar-refractivity contribution >= 4 is 49.0 Å². The van der Waals surface area contributed by atoms with Crippen molar-refractivity contribution in [3.63, 3.8) is 0 Å². The number of hydrogen-bond donors (Lipinski definition) is 0. The lowest BCUT2D eigenvalue weighted by molar-refractivity contribution is 0.0998. The first-order chi connectivity index (χ1) is 12.2. The Morgan fingerprint density at radius 1 is 1.20 bits per heavy atom. The van der Waals surface area contributed by atoms with Crippen molar-refractivity contribution in [3.05, 3.63) is 46.2 Å². The summed E-state index contributed by atoms with van der Waals surface area (Å²) >= 11 is 2.96. The average molecular weight is 369 g/mol. The molecule has 0 aliphatic carbocycles. The molecular weight excluding hydrogens is 358 g/mol. The zero-order valence-corrected chi connectivity index (χ0v) is 14.7. The second-order valence-corrected chi connectivity index (χ2v) is 7.46. The predicted molar refractivity (Wildman–Crippen MR) is 96.4 cm³/mol. The lowest BCUT2D eigenvalue weighted by atomic mass is 10.2. The fourth-order valence-corrected chi connectivity index (χ4v) is 4.51. The predicted octanol–water partition coefficient (Wildman–Crippen LogP) is 3.32. The molecule has 1 aliphatic rings. The second kappa shape index (κ2) is 5.40. The molecule has 0 fully saturated rings. The normalized spacial score (nSPS) is 13.9. The van der Waals surface area contributed by atoms with Crippen LogP contribution in [0.15, 0.2) is 40.8 Å². The Morgan fingerprint density at radius 3 is 2.92 bits per heavy atom. The van der Waals surface area contributed by atoms with Gasteiger partial charge >= 0.3 is 0 Å².